The molecule has 0 heterocycles. The van der Waals surface area contributed by atoms with Crippen molar-refractivity contribution in [2.75, 3.05) is 0 Å². The summed E-state index contributed by atoms with van der Waals surface area (Å²) in [5, 5.41) is 10.6. The minimum atomic E-state index is 0.109. The van der Waals surface area contributed by atoms with E-state index in [-0.39, 0.29) is 5.41 Å². The molecule has 5 aliphatic rings. The predicted octanol–water partition coefficient (Wildman–Crippen LogP) is 15.0. The third kappa shape index (κ3) is 4.15. The molecule has 0 aliphatic heterocycles. The lowest BCUT2D eigenvalue weighted by molar-refractivity contribution is -0.0393. The Hall–Kier alpha value is -5.98. The van der Waals surface area contributed by atoms with Gasteiger partial charge in [-0.2, -0.15) is 0 Å². The minimum absolute atomic E-state index is 0.109. The highest BCUT2D eigenvalue weighted by Gasteiger charge is 2.62. The molecule has 9 aromatic carbocycles. The summed E-state index contributed by atoms with van der Waals surface area (Å²) in [6.45, 7) is 0. The first kappa shape index (κ1) is 31.2. The molecule has 0 atom stereocenters. The highest BCUT2D eigenvalue weighted by atomic mass is 14.6. The predicted molar refractivity (Wildman–Crippen MR) is 236 cm³/mol. The number of benzene rings is 9. The van der Waals surface area contributed by atoms with E-state index in [2.05, 4.69) is 170 Å². The summed E-state index contributed by atoms with van der Waals surface area (Å²) in [6.07, 6.45) is 7.04. The Bertz CT molecular complexity index is 3020. The molecule has 0 radical (unpaired) electrons. The zero-order chi connectivity index (χ0) is 36.5. The first-order chi connectivity index (χ1) is 27.7. The van der Waals surface area contributed by atoms with Gasteiger partial charge in [-0.3, -0.25) is 0 Å². The molecule has 56 heavy (non-hydrogen) atoms. The Kier molecular flexibility index (Phi) is 6.43. The van der Waals surface area contributed by atoms with Gasteiger partial charge >= 0.3 is 0 Å². The van der Waals surface area contributed by atoms with Gasteiger partial charge in [-0.15, -0.1) is 0 Å². The van der Waals surface area contributed by atoms with Crippen molar-refractivity contribution in [2.45, 2.75) is 37.5 Å². The van der Waals surface area contributed by atoms with Gasteiger partial charge in [-0.1, -0.05) is 152 Å². The lowest BCUT2D eigenvalue weighted by atomic mass is 9.43. The van der Waals surface area contributed by atoms with Gasteiger partial charge < -0.3 is 0 Å². The molecule has 4 bridgehead atoms. The summed E-state index contributed by atoms with van der Waals surface area (Å²) >= 11 is 0. The quantitative estimate of drug-likeness (QED) is 0.160. The molecule has 4 fully saturated rings. The van der Waals surface area contributed by atoms with Gasteiger partial charge in [-0.05, 0) is 173 Å². The van der Waals surface area contributed by atoms with E-state index < -0.39 is 0 Å². The van der Waals surface area contributed by atoms with E-state index >= 15 is 0 Å². The minimum Gasteiger partial charge on any atom is -0.0619 e. The lowest BCUT2D eigenvalue weighted by Crippen LogP contribution is -2.55. The summed E-state index contributed by atoms with van der Waals surface area (Å²) in [7, 11) is 0. The van der Waals surface area contributed by atoms with Crippen LogP contribution >= 0.6 is 0 Å². The maximum Gasteiger partial charge on any atom is 0.0278 e. The first-order valence-corrected chi connectivity index (χ1v) is 20.9. The van der Waals surface area contributed by atoms with Crippen LogP contribution in [0.1, 0.15) is 43.2 Å². The molecule has 0 N–H and O–H groups in total. The molecular weight excluding hydrogens is 673 g/mol. The van der Waals surface area contributed by atoms with Crippen molar-refractivity contribution in [2.24, 2.45) is 23.7 Å². The maximum atomic E-state index is 2.53. The SMILES string of the molecule is c1cc(-c2cc3ccccc3c3c2-c2ccccc2C32C3CC4CC(C3)CC2C4)cc(-c2c3ccccc3c(-c3ccc4ccccc4c3)c3ccccc23)c1. The summed E-state index contributed by atoms with van der Waals surface area (Å²) in [5.74, 6) is 3.29. The smallest absolute Gasteiger partial charge is 0.0278 e. The van der Waals surface area contributed by atoms with Crippen LogP contribution in [0.3, 0.4) is 0 Å². The Morgan fingerprint density at radius 3 is 1.55 bits per heavy atom. The second-order valence-corrected chi connectivity index (χ2v) is 17.6. The fourth-order valence-electron chi connectivity index (χ4n) is 13.2. The Labute approximate surface area is 328 Å². The van der Waals surface area contributed by atoms with E-state index in [4.69, 9.17) is 0 Å². The molecule has 266 valence electrons. The molecule has 0 saturated heterocycles. The number of rotatable bonds is 3. The van der Waals surface area contributed by atoms with Crippen molar-refractivity contribution < 1.29 is 0 Å². The van der Waals surface area contributed by atoms with Gasteiger partial charge in [0.25, 0.3) is 0 Å². The van der Waals surface area contributed by atoms with Gasteiger partial charge in [0.15, 0.2) is 0 Å². The topological polar surface area (TPSA) is 0 Å². The van der Waals surface area contributed by atoms with Gasteiger partial charge in [0.2, 0.25) is 0 Å². The van der Waals surface area contributed by atoms with E-state index in [0.29, 0.717) is 0 Å². The number of hydrogen-bond donors (Lipinski definition) is 0. The van der Waals surface area contributed by atoms with Crippen molar-refractivity contribution in [3.05, 3.63) is 181 Å². The molecule has 1 spiro atoms. The summed E-state index contributed by atoms with van der Waals surface area (Å²) in [4.78, 5) is 0. The van der Waals surface area contributed by atoms with Crippen LogP contribution in [-0.4, -0.2) is 0 Å². The fourth-order valence-corrected chi connectivity index (χ4v) is 13.2. The van der Waals surface area contributed by atoms with Crippen LogP contribution in [0.4, 0.5) is 0 Å². The standard InChI is InChI=1S/C56H42/c1-2-13-37-31-41(25-24-36(37)12-1)53-47-20-7-5-18-45(47)52(46-19-6-8-21-48(46)53)40-16-11-15-38(32-40)50-33-39-14-3-4-17-44(39)55-54(50)49-22-9-10-23-51(49)56(55)42-27-34-26-35(29-42)30-43(56)28-34/h1-25,31-35,42-43H,26-30H2. The molecule has 5 aliphatic carbocycles. The van der Waals surface area contributed by atoms with Crippen LogP contribution in [-0.2, 0) is 5.41 Å². The highest BCUT2D eigenvalue weighted by molar-refractivity contribution is 6.22. The lowest BCUT2D eigenvalue weighted by Gasteiger charge is -2.61. The van der Waals surface area contributed by atoms with Crippen LogP contribution in [0.2, 0.25) is 0 Å². The largest absolute Gasteiger partial charge is 0.0619 e. The second-order valence-electron chi connectivity index (χ2n) is 17.6. The second kappa shape index (κ2) is 11.5. The third-order valence-corrected chi connectivity index (χ3v) is 15.0. The highest BCUT2D eigenvalue weighted by Crippen LogP contribution is 2.71. The molecule has 14 rings (SSSR count). The average molecular weight is 715 g/mol. The molecular formula is C56H42. The molecule has 4 saturated carbocycles. The number of hydrogen-bond acceptors (Lipinski definition) is 0. The molecule has 9 aromatic rings. The summed E-state index contributed by atoms with van der Waals surface area (Å²) < 4.78 is 0. The molecule has 0 nitrogen and oxygen atoms in total. The Morgan fingerprint density at radius 1 is 0.339 bits per heavy atom. The van der Waals surface area contributed by atoms with E-state index in [1.165, 1.54) is 120 Å². The van der Waals surface area contributed by atoms with Gasteiger partial charge in [0.05, 0.1) is 0 Å². The summed E-state index contributed by atoms with van der Waals surface area (Å²) in [6, 6.07) is 64.9. The first-order valence-electron chi connectivity index (χ1n) is 20.9. The zero-order valence-corrected chi connectivity index (χ0v) is 31.5. The van der Waals surface area contributed by atoms with Gasteiger partial charge in [0.1, 0.15) is 0 Å². The van der Waals surface area contributed by atoms with Crippen LogP contribution in [0.15, 0.2) is 170 Å². The van der Waals surface area contributed by atoms with Crippen molar-refractivity contribution in [1.29, 1.82) is 0 Å². The van der Waals surface area contributed by atoms with Crippen LogP contribution in [0.25, 0.3) is 87.6 Å². The van der Waals surface area contributed by atoms with Crippen molar-refractivity contribution in [3.8, 4) is 44.5 Å². The van der Waals surface area contributed by atoms with Gasteiger partial charge in [0, 0.05) is 5.41 Å². The average Bonchev–Trinajstić information content (AvgIpc) is 3.56. The normalized spacial score (nSPS) is 23.1. The molecule has 0 heteroatoms. The maximum absolute atomic E-state index is 2.53. The number of fused-ring (bicyclic) bond motifs is 8. The zero-order valence-electron chi connectivity index (χ0n) is 31.5. The van der Waals surface area contributed by atoms with Crippen LogP contribution < -0.4 is 0 Å². The monoisotopic (exact) mass is 714 g/mol. The van der Waals surface area contributed by atoms with E-state index in [1.54, 1.807) is 11.1 Å². The fraction of sp³-hybridized carbons (Fsp3) is 0.179. The summed E-state index contributed by atoms with van der Waals surface area (Å²) in [5.41, 5.74) is 14.2. The van der Waals surface area contributed by atoms with Crippen molar-refractivity contribution in [3.63, 3.8) is 0 Å². The molecule has 0 amide bonds. The van der Waals surface area contributed by atoms with Crippen molar-refractivity contribution >= 4 is 43.1 Å². The van der Waals surface area contributed by atoms with E-state index in [1.807, 2.05) is 0 Å². The van der Waals surface area contributed by atoms with Crippen LogP contribution in [0, 0.1) is 23.7 Å². The third-order valence-electron chi connectivity index (χ3n) is 15.0. The van der Waals surface area contributed by atoms with Crippen LogP contribution in [0.5, 0.6) is 0 Å². The Morgan fingerprint density at radius 2 is 0.875 bits per heavy atom. The van der Waals surface area contributed by atoms with E-state index in [0.717, 1.165) is 23.7 Å². The molecule has 0 aromatic heterocycles. The van der Waals surface area contributed by atoms with Gasteiger partial charge in [-0.25, -0.2) is 0 Å². The van der Waals surface area contributed by atoms with Crippen molar-refractivity contribution in [1.82, 2.24) is 0 Å². The molecule has 0 unspecified atom stereocenters. The Balaban J connectivity index is 1.07. The van der Waals surface area contributed by atoms with E-state index in [9.17, 15) is 0 Å².